The summed E-state index contributed by atoms with van der Waals surface area (Å²) in [5.74, 6) is 0.00435. The Kier molecular flexibility index (Phi) is 5.08. The number of nitrogens with one attached hydrogen (secondary N) is 1. The van der Waals surface area contributed by atoms with Crippen molar-refractivity contribution in [3.8, 4) is 0 Å². The molecule has 0 spiro atoms. The van der Waals surface area contributed by atoms with Gasteiger partial charge in [0.2, 0.25) is 5.91 Å². The van der Waals surface area contributed by atoms with Gasteiger partial charge in [0.1, 0.15) is 0 Å². The van der Waals surface area contributed by atoms with Gasteiger partial charge in [-0.2, -0.15) is 0 Å². The van der Waals surface area contributed by atoms with E-state index < -0.39 is 0 Å². The number of halogens is 2. The molecule has 0 heterocycles. The zero-order valence-corrected chi connectivity index (χ0v) is 12.2. The van der Waals surface area contributed by atoms with Crippen molar-refractivity contribution in [2.45, 2.75) is 44.2 Å². The molecule has 19 heavy (non-hydrogen) atoms. The Morgan fingerprint density at radius 3 is 2.58 bits per heavy atom. The third-order valence-electron chi connectivity index (χ3n) is 3.50. The van der Waals surface area contributed by atoms with E-state index in [0.717, 1.165) is 31.2 Å². The molecule has 3 N–H and O–H groups in total. The molecule has 0 aliphatic heterocycles. The molecule has 0 radical (unpaired) electrons. The lowest BCUT2D eigenvalue weighted by Gasteiger charge is -2.26. The second kappa shape index (κ2) is 6.60. The molecule has 0 saturated heterocycles. The van der Waals surface area contributed by atoms with E-state index >= 15 is 0 Å². The number of carbonyl (C=O) groups is 1. The number of hydrogen-bond acceptors (Lipinski definition) is 2. The van der Waals surface area contributed by atoms with E-state index in [1.807, 2.05) is 0 Å². The molecule has 104 valence electrons. The minimum Gasteiger partial charge on any atom is -0.353 e. The summed E-state index contributed by atoms with van der Waals surface area (Å²) in [6, 6.07) is 5.74. The number of benzene rings is 1. The standard InChI is InChI=1S/C14H18Cl2N2O/c15-10-2-1-9(13(16)8-10)7-14(19)18-12-5-3-11(17)4-6-12/h1-2,8,11-12H,3-7,17H2,(H,18,19). The highest BCUT2D eigenvalue weighted by Gasteiger charge is 2.20. The van der Waals surface area contributed by atoms with E-state index in [4.69, 9.17) is 28.9 Å². The SMILES string of the molecule is NC1CCC(NC(=O)Cc2ccc(Cl)cc2Cl)CC1. The number of hydrogen-bond donors (Lipinski definition) is 2. The second-order valence-corrected chi connectivity index (χ2v) is 5.94. The van der Waals surface area contributed by atoms with Crippen molar-refractivity contribution < 1.29 is 4.79 Å². The number of rotatable bonds is 3. The van der Waals surface area contributed by atoms with Crippen molar-refractivity contribution in [2.24, 2.45) is 5.73 Å². The fourth-order valence-electron chi connectivity index (χ4n) is 2.38. The first-order valence-corrected chi connectivity index (χ1v) is 7.29. The Hall–Kier alpha value is -0.770. The first kappa shape index (κ1) is 14.6. The molecule has 1 aromatic rings. The Bertz CT molecular complexity index is 457. The minimum absolute atomic E-state index is 0.00435. The Morgan fingerprint density at radius 1 is 1.26 bits per heavy atom. The van der Waals surface area contributed by atoms with Gasteiger partial charge in [0, 0.05) is 22.1 Å². The van der Waals surface area contributed by atoms with E-state index in [1.165, 1.54) is 0 Å². The summed E-state index contributed by atoms with van der Waals surface area (Å²) >= 11 is 11.9. The highest BCUT2D eigenvalue weighted by molar-refractivity contribution is 6.35. The molecular formula is C14H18Cl2N2O. The van der Waals surface area contributed by atoms with Gasteiger partial charge in [-0.05, 0) is 43.4 Å². The number of amides is 1. The zero-order valence-electron chi connectivity index (χ0n) is 10.7. The Labute approximate surface area is 123 Å². The summed E-state index contributed by atoms with van der Waals surface area (Å²) in [5.41, 5.74) is 6.64. The van der Waals surface area contributed by atoms with Crippen LogP contribution in [0.15, 0.2) is 18.2 Å². The Morgan fingerprint density at radius 2 is 1.95 bits per heavy atom. The summed E-state index contributed by atoms with van der Waals surface area (Å²) in [4.78, 5) is 12.0. The summed E-state index contributed by atoms with van der Waals surface area (Å²) in [6.07, 6.45) is 4.17. The van der Waals surface area contributed by atoms with Crippen LogP contribution >= 0.6 is 23.2 Å². The fourth-order valence-corrected chi connectivity index (χ4v) is 2.86. The highest BCUT2D eigenvalue weighted by atomic mass is 35.5. The lowest BCUT2D eigenvalue weighted by molar-refractivity contribution is -0.121. The van der Waals surface area contributed by atoms with Crippen molar-refractivity contribution in [3.63, 3.8) is 0 Å². The van der Waals surface area contributed by atoms with Crippen molar-refractivity contribution in [3.05, 3.63) is 33.8 Å². The quantitative estimate of drug-likeness (QED) is 0.902. The van der Waals surface area contributed by atoms with E-state index in [9.17, 15) is 4.79 Å². The predicted octanol–water partition coefficient (Wildman–Crippen LogP) is 2.92. The molecule has 1 aromatic carbocycles. The summed E-state index contributed by atoms with van der Waals surface area (Å²) in [6.45, 7) is 0. The highest BCUT2D eigenvalue weighted by Crippen LogP contribution is 2.22. The number of nitrogens with two attached hydrogens (primary N) is 1. The van der Waals surface area contributed by atoms with Gasteiger partial charge >= 0.3 is 0 Å². The van der Waals surface area contributed by atoms with Gasteiger partial charge in [0.25, 0.3) is 0 Å². The van der Waals surface area contributed by atoms with Gasteiger partial charge in [0.05, 0.1) is 6.42 Å². The molecule has 3 nitrogen and oxygen atoms in total. The van der Waals surface area contributed by atoms with Crippen molar-refractivity contribution >= 4 is 29.1 Å². The van der Waals surface area contributed by atoms with E-state index in [2.05, 4.69) is 5.32 Å². The normalized spacial score (nSPS) is 23.1. The van der Waals surface area contributed by atoms with Crippen LogP contribution in [0.1, 0.15) is 31.2 Å². The maximum Gasteiger partial charge on any atom is 0.224 e. The minimum atomic E-state index is 0.00435. The molecular weight excluding hydrogens is 283 g/mol. The number of carbonyl (C=O) groups excluding carboxylic acids is 1. The summed E-state index contributed by atoms with van der Waals surface area (Å²) < 4.78 is 0. The van der Waals surface area contributed by atoms with E-state index in [0.29, 0.717) is 22.5 Å². The summed E-state index contributed by atoms with van der Waals surface area (Å²) in [7, 11) is 0. The molecule has 2 rings (SSSR count). The second-order valence-electron chi connectivity index (χ2n) is 5.09. The molecule has 1 saturated carbocycles. The maximum absolute atomic E-state index is 12.0. The molecule has 1 amide bonds. The first-order chi connectivity index (χ1) is 9.04. The van der Waals surface area contributed by atoms with Crippen LogP contribution in [0.25, 0.3) is 0 Å². The molecule has 5 heteroatoms. The van der Waals surface area contributed by atoms with Crippen LogP contribution in [0.3, 0.4) is 0 Å². The third kappa shape index (κ3) is 4.37. The van der Waals surface area contributed by atoms with Gasteiger partial charge in [-0.25, -0.2) is 0 Å². The topological polar surface area (TPSA) is 55.1 Å². The zero-order chi connectivity index (χ0) is 13.8. The average molecular weight is 301 g/mol. The molecule has 1 aliphatic carbocycles. The predicted molar refractivity (Wildman–Crippen MR) is 78.5 cm³/mol. The van der Waals surface area contributed by atoms with Crippen LogP contribution in [-0.2, 0) is 11.2 Å². The summed E-state index contributed by atoms with van der Waals surface area (Å²) in [5, 5.41) is 4.16. The van der Waals surface area contributed by atoms with Crippen LogP contribution in [-0.4, -0.2) is 18.0 Å². The van der Waals surface area contributed by atoms with Crippen LogP contribution < -0.4 is 11.1 Å². The molecule has 0 aromatic heterocycles. The van der Waals surface area contributed by atoms with Gasteiger partial charge in [0.15, 0.2) is 0 Å². The van der Waals surface area contributed by atoms with E-state index in [-0.39, 0.29) is 11.9 Å². The van der Waals surface area contributed by atoms with Crippen molar-refractivity contribution in [1.82, 2.24) is 5.32 Å². The van der Waals surface area contributed by atoms with Crippen molar-refractivity contribution in [1.29, 1.82) is 0 Å². The van der Waals surface area contributed by atoms with Gasteiger partial charge < -0.3 is 11.1 Å². The van der Waals surface area contributed by atoms with E-state index in [1.54, 1.807) is 18.2 Å². The van der Waals surface area contributed by atoms with Crippen LogP contribution in [0.5, 0.6) is 0 Å². The molecule has 0 atom stereocenters. The lowest BCUT2D eigenvalue weighted by Crippen LogP contribution is -2.41. The molecule has 1 aliphatic rings. The van der Waals surface area contributed by atoms with Gasteiger partial charge in [-0.3, -0.25) is 4.79 Å². The molecule has 1 fully saturated rings. The molecule has 0 bridgehead atoms. The Balaban J connectivity index is 1.87. The monoisotopic (exact) mass is 300 g/mol. The smallest absolute Gasteiger partial charge is 0.224 e. The molecule has 0 unspecified atom stereocenters. The maximum atomic E-state index is 12.0. The van der Waals surface area contributed by atoms with Crippen LogP contribution in [0.4, 0.5) is 0 Å². The largest absolute Gasteiger partial charge is 0.353 e. The van der Waals surface area contributed by atoms with Crippen LogP contribution in [0.2, 0.25) is 10.0 Å². The van der Waals surface area contributed by atoms with Gasteiger partial charge in [-0.15, -0.1) is 0 Å². The van der Waals surface area contributed by atoms with Gasteiger partial charge in [-0.1, -0.05) is 29.3 Å². The average Bonchev–Trinajstić information content (AvgIpc) is 2.36. The first-order valence-electron chi connectivity index (χ1n) is 6.53. The van der Waals surface area contributed by atoms with Crippen molar-refractivity contribution in [2.75, 3.05) is 0 Å². The third-order valence-corrected chi connectivity index (χ3v) is 4.09. The van der Waals surface area contributed by atoms with Crippen LogP contribution in [0, 0.1) is 0 Å². The lowest BCUT2D eigenvalue weighted by atomic mass is 9.91. The fraction of sp³-hybridized carbons (Fsp3) is 0.500.